The summed E-state index contributed by atoms with van der Waals surface area (Å²) in [5, 5.41) is 15.8. The number of hydrogen-bond donors (Lipinski definition) is 1. The molecule has 0 bridgehead atoms. The van der Waals surface area contributed by atoms with Crippen LogP contribution in [0.3, 0.4) is 0 Å². The summed E-state index contributed by atoms with van der Waals surface area (Å²) >= 11 is 0. The van der Waals surface area contributed by atoms with Gasteiger partial charge in [0.25, 0.3) is 5.56 Å². The monoisotopic (exact) mass is 391 g/mol. The molecule has 0 fully saturated rings. The van der Waals surface area contributed by atoms with E-state index in [2.05, 4.69) is 11.2 Å². The number of benzene rings is 2. The summed E-state index contributed by atoms with van der Waals surface area (Å²) in [7, 11) is 0. The van der Waals surface area contributed by atoms with Gasteiger partial charge < -0.3 is 9.84 Å². The molecule has 0 saturated carbocycles. The van der Waals surface area contributed by atoms with Crippen LogP contribution in [0.2, 0.25) is 0 Å². The molecule has 0 aliphatic carbocycles. The fourth-order valence-electron chi connectivity index (χ4n) is 3.71. The number of rotatable bonds is 5. The van der Waals surface area contributed by atoms with Crippen LogP contribution in [0.4, 0.5) is 0 Å². The smallest absolute Gasteiger partial charge is 0.261 e. The zero-order valence-electron chi connectivity index (χ0n) is 17.1. The predicted octanol–water partition coefficient (Wildman–Crippen LogP) is 3.32. The van der Waals surface area contributed by atoms with Crippen molar-refractivity contribution in [3.8, 4) is 5.75 Å². The second-order valence-electron chi connectivity index (χ2n) is 7.61. The van der Waals surface area contributed by atoms with Crippen LogP contribution in [0.5, 0.6) is 5.75 Å². The predicted molar refractivity (Wildman–Crippen MR) is 114 cm³/mol. The average Bonchev–Trinajstić information content (AvgIpc) is 3.10. The molecule has 0 aliphatic rings. The minimum absolute atomic E-state index is 0.101. The van der Waals surface area contributed by atoms with E-state index < -0.39 is 6.10 Å². The zero-order valence-corrected chi connectivity index (χ0v) is 17.1. The third-order valence-corrected chi connectivity index (χ3v) is 5.38. The van der Waals surface area contributed by atoms with Crippen LogP contribution in [0, 0.1) is 27.7 Å². The van der Waals surface area contributed by atoms with Gasteiger partial charge in [-0.15, -0.1) is 0 Å². The van der Waals surface area contributed by atoms with Crippen molar-refractivity contribution in [3.63, 3.8) is 0 Å². The molecule has 2 aromatic carbocycles. The molecule has 1 atom stereocenters. The minimum Gasteiger partial charge on any atom is -0.490 e. The second kappa shape index (κ2) is 7.37. The molecule has 2 heterocycles. The Morgan fingerprint density at radius 3 is 2.59 bits per heavy atom. The van der Waals surface area contributed by atoms with Gasteiger partial charge in [-0.1, -0.05) is 24.3 Å². The van der Waals surface area contributed by atoms with Crippen LogP contribution in [-0.4, -0.2) is 32.0 Å². The Morgan fingerprint density at radius 1 is 1.07 bits per heavy atom. The Bertz CT molecular complexity index is 1270. The topological polar surface area (TPSA) is 68.8 Å². The molecule has 0 radical (unpaired) electrons. The van der Waals surface area contributed by atoms with Gasteiger partial charge in [0.2, 0.25) is 0 Å². The average molecular weight is 391 g/mol. The van der Waals surface area contributed by atoms with Gasteiger partial charge in [-0.25, -0.2) is 4.52 Å². The number of para-hydroxylation sites is 1. The van der Waals surface area contributed by atoms with E-state index in [0.29, 0.717) is 11.0 Å². The van der Waals surface area contributed by atoms with Crippen molar-refractivity contribution in [1.82, 2.24) is 14.2 Å². The van der Waals surface area contributed by atoms with Gasteiger partial charge in [0.05, 0.1) is 23.1 Å². The molecule has 4 aromatic rings. The van der Waals surface area contributed by atoms with Crippen molar-refractivity contribution in [2.75, 3.05) is 6.61 Å². The Labute approximate surface area is 169 Å². The summed E-state index contributed by atoms with van der Waals surface area (Å²) in [6.45, 7) is 8.15. The van der Waals surface area contributed by atoms with E-state index in [1.165, 1.54) is 0 Å². The highest BCUT2D eigenvalue weighted by molar-refractivity contribution is 5.80. The molecule has 0 unspecified atom stereocenters. The molecule has 150 valence electrons. The van der Waals surface area contributed by atoms with Gasteiger partial charge in [-0.3, -0.25) is 9.36 Å². The summed E-state index contributed by atoms with van der Waals surface area (Å²) in [4.78, 5) is 13.1. The lowest BCUT2D eigenvalue weighted by molar-refractivity contribution is 0.0919. The Hall–Kier alpha value is -3.12. The maximum atomic E-state index is 13.1. The van der Waals surface area contributed by atoms with Gasteiger partial charge in [-0.2, -0.15) is 5.10 Å². The highest BCUT2D eigenvalue weighted by atomic mass is 16.5. The molecular weight excluding hydrogens is 366 g/mol. The van der Waals surface area contributed by atoms with Gasteiger partial charge in [0.1, 0.15) is 24.1 Å². The van der Waals surface area contributed by atoms with Gasteiger partial charge in [-0.05, 0) is 56.5 Å². The molecule has 0 saturated heterocycles. The van der Waals surface area contributed by atoms with Gasteiger partial charge in [0, 0.05) is 6.07 Å². The van der Waals surface area contributed by atoms with Crippen LogP contribution in [-0.2, 0) is 6.54 Å². The van der Waals surface area contributed by atoms with Crippen molar-refractivity contribution in [1.29, 1.82) is 0 Å². The number of ether oxygens (including phenoxy) is 1. The number of hydrogen-bond acceptors (Lipinski definition) is 4. The Kier molecular flexibility index (Phi) is 4.88. The second-order valence-corrected chi connectivity index (χ2v) is 7.61. The van der Waals surface area contributed by atoms with E-state index in [4.69, 9.17) is 4.74 Å². The normalized spacial score (nSPS) is 12.6. The lowest BCUT2D eigenvalue weighted by Gasteiger charge is -2.18. The summed E-state index contributed by atoms with van der Waals surface area (Å²) < 4.78 is 9.27. The Balaban J connectivity index is 1.66. The first kappa shape index (κ1) is 19.2. The Morgan fingerprint density at radius 2 is 1.79 bits per heavy atom. The number of aryl methyl sites for hydroxylation is 3. The quantitative estimate of drug-likeness (QED) is 0.567. The van der Waals surface area contributed by atoms with Crippen molar-refractivity contribution >= 4 is 16.6 Å². The molecule has 1 N–H and O–H groups in total. The summed E-state index contributed by atoms with van der Waals surface area (Å²) in [5.74, 6) is 0.792. The molecule has 0 amide bonds. The van der Waals surface area contributed by atoms with E-state index in [1.807, 2.05) is 58.0 Å². The minimum atomic E-state index is -0.841. The van der Waals surface area contributed by atoms with Crippen molar-refractivity contribution in [2.24, 2.45) is 0 Å². The van der Waals surface area contributed by atoms with Crippen LogP contribution in [0.1, 0.15) is 22.4 Å². The van der Waals surface area contributed by atoms with Crippen LogP contribution >= 0.6 is 0 Å². The molecule has 0 aliphatic heterocycles. The van der Waals surface area contributed by atoms with Gasteiger partial charge in [0.15, 0.2) is 0 Å². The SMILES string of the molecule is Cc1cc2n(C[C@@H](O)COc3c(C)ccc(C)c3C)c(=O)c3ccccc3n2n1. The highest BCUT2D eigenvalue weighted by Crippen LogP contribution is 2.26. The van der Waals surface area contributed by atoms with E-state index in [1.54, 1.807) is 15.1 Å². The van der Waals surface area contributed by atoms with Crippen molar-refractivity contribution < 1.29 is 9.84 Å². The number of nitrogens with zero attached hydrogens (tertiary/aromatic N) is 3. The van der Waals surface area contributed by atoms with Crippen LogP contribution < -0.4 is 10.3 Å². The zero-order chi connectivity index (χ0) is 20.7. The fourth-order valence-corrected chi connectivity index (χ4v) is 3.71. The maximum absolute atomic E-state index is 13.1. The summed E-state index contributed by atoms with van der Waals surface area (Å²) in [5.41, 5.74) is 5.32. The standard InChI is InChI=1S/C23H25N3O3/c1-14-9-10-15(2)22(17(14)4)29-13-18(27)12-25-21-11-16(3)24-26(21)20-8-6-5-7-19(20)23(25)28/h5-11,18,27H,12-13H2,1-4H3/t18-/m1/s1. The number of aliphatic hydroxyl groups excluding tert-OH is 1. The first-order valence-corrected chi connectivity index (χ1v) is 9.72. The fraction of sp³-hybridized carbons (Fsp3) is 0.304. The molecular formula is C23H25N3O3. The van der Waals surface area contributed by atoms with E-state index in [-0.39, 0.29) is 18.7 Å². The summed E-state index contributed by atoms with van der Waals surface area (Å²) in [6, 6.07) is 13.3. The van der Waals surface area contributed by atoms with Gasteiger partial charge >= 0.3 is 0 Å². The lowest BCUT2D eigenvalue weighted by Crippen LogP contribution is -2.31. The first-order valence-electron chi connectivity index (χ1n) is 9.72. The largest absolute Gasteiger partial charge is 0.490 e. The number of aliphatic hydroxyl groups is 1. The molecule has 4 rings (SSSR count). The molecule has 29 heavy (non-hydrogen) atoms. The number of fused-ring (bicyclic) bond motifs is 3. The molecule has 2 aromatic heterocycles. The van der Waals surface area contributed by atoms with Crippen molar-refractivity contribution in [3.05, 3.63) is 75.2 Å². The highest BCUT2D eigenvalue weighted by Gasteiger charge is 2.16. The third kappa shape index (κ3) is 3.40. The number of aromatic nitrogens is 3. The first-order chi connectivity index (χ1) is 13.9. The van der Waals surface area contributed by atoms with Crippen LogP contribution in [0.15, 0.2) is 47.3 Å². The van der Waals surface area contributed by atoms with Crippen molar-refractivity contribution in [2.45, 2.75) is 40.3 Å². The molecule has 6 nitrogen and oxygen atoms in total. The lowest BCUT2D eigenvalue weighted by atomic mass is 10.1. The molecule has 0 spiro atoms. The van der Waals surface area contributed by atoms with E-state index in [9.17, 15) is 9.90 Å². The molecule has 6 heteroatoms. The van der Waals surface area contributed by atoms with Crippen LogP contribution in [0.25, 0.3) is 16.6 Å². The maximum Gasteiger partial charge on any atom is 0.261 e. The third-order valence-electron chi connectivity index (χ3n) is 5.38. The van der Waals surface area contributed by atoms with E-state index >= 15 is 0 Å². The summed E-state index contributed by atoms with van der Waals surface area (Å²) in [6.07, 6.45) is -0.841. The van der Waals surface area contributed by atoms with E-state index in [0.717, 1.165) is 33.7 Å².